The van der Waals surface area contributed by atoms with Crippen LogP contribution in [0.2, 0.25) is 0 Å². The van der Waals surface area contributed by atoms with E-state index < -0.39 is 0 Å². The topological polar surface area (TPSA) is 23.5 Å². The summed E-state index contributed by atoms with van der Waals surface area (Å²) in [6, 6.07) is 0. The molecule has 2 fully saturated rings. The molecule has 0 radical (unpaired) electrons. The summed E-state index contributed by atoms with van der Waals surface area (Å²) in [6.45, 7) is 6.72. The van der Waals surface area contributed by atoms with Crippen molar-refractivity contribution >= 4 is 0 Å². The monoisotopic (exact) mass is 171 g/mol. The molecule has 2 heterocycles. The average molecular weight is 171 g/mol. The Bertz CT molecular complexity index is 151. The van der Waals surface area contributed by atoms with Gasteiger partial charge >= 0.3 is 0 Å². The van der Waals surface area contributed by atoms with E-state index in [1.165, 1.54) is 43.6 Å². The molecule has 0 aromatic heterocycles. The third-order valence-corrected chi connectivity index (χ3v) is 3.31. The molecule has 0 unspecified atom stereocenters. The molecule has 0 aliphatic carbocycles. The molecule has 70 valence electrons. The van der Waals surface area contributed by atoms with Crippen molar-refractivity contribution in [2.75, 3.05) is 39.3 Å². The van der Waals surface area contributed by atoms with Gasteiger partial charge < -0.3 is 5.11 Å². The maximum absolute atomic E-state index is 8.81. The summed E-state index contributed by atoms with van der Waals surface area (Å²) in [4.78, 5) is 0. The van der Waals surface area contributed by atoms with Crippen molar-refractivity contribution < 1.29 is 9.70 Å². The number of quaternary nitrogens is 1. The van der Waals surface area contributed by atoms with Gasteiger partial charge in [-0.3, -0.25) is 0 Å². The number of hydrogen-bond acceptors (Lipinski definition) is 2. The van der Waals surface area contributed by atoms with Crippen molar-refractivity contribution in [1.29, 1.82) is 0 Å². The lowest BCUT2D eigenvalue weighted by Gasteiger charge is -2.34. The van der Waals surface area contributed by atoms with Crippen LogP contribution in [0.1, 0.15) is 19.3 Å². The zero-order valence-electron chi connectivity index (χ0n) is 7.71. The van der Waals surface area contributed by atoms with Gasteiger partial charge in [-0.2, -0.15) is 5.01 Å². The van der Waals surface area contributed by atoms with Gasteiger partial charge in [-0.15, -0.1) is 0 Å². The molecule has 3 nitrogen and oxygen atoms in total. The molecule has 0 atom stereocenters. The van der Waals surface area contributed by atoms with Crippen molar-refractivity contribution in [2.24, 2.45) is 0 Å². The second-order valence-corrected chi connectivity index (χ2v) is 4.00. The summed E-state index contributed by atoms with van der Waals surface area (Å²) >= 11 is 0. The van der Waals surface area contributed by atoms with Gasteiger partial charge in [0, 0.05) is 25.9 Å². The first-order valence-corrected chi connectivity index (χ1v) is 5.10. The summed E-state index contributed by atoms with van der Waals surface area (Å²) in [6.07, 6.45) is 3.67. The molecule has 0 aromatic rings. The van der Waals surface area contributed by atoms with Gasteiger partial charge in [0.15, 0.2) is 0 Å². The second kappa shape index (κ2) is 3.32. The van der Waals surface area contributed by atoms with Crippen LogP contribution < -0.4 is 0 Å². The van der Waals surface area contributed by atoms with Gasteiger partial charge in [0.1, 0.15) is 0 Å². The van der Waals surface area contributed by atoms with Crippen LogP contribution in [-0.4, -0.2) is 54.0 Å². The SMILES string of the molecule is OCCC[N+]12CCCN1CCC2. The van der Waals surface area contributed by atoms with E-state index in [1.54, 1.807) is 0 Å². The van der Waals surface area contributed by atoms with E-state index >= 15 is 0 Å². The Kier molecular flexibility index (Phi) is 2.35. The third-order valence-electron chi connectivity index (χ3n) is 3.31. The van der Waals surface area contributed by atoms with E-state index in [4.69, 9.17) is 5.11 Å². The van der Waals surface area contributed by atoms with Gasteiger partial charge in [-0.05, 0) is 0 Å². The summed E-state index contributed by atoms with van der Waals surface area (Å²) in [7, 11) is 0. The predicted octanol–water partition coefficient (Wildman–Crippen LogP) is 0.210. The van der Waals surface area contributed by atoms with E-state index in [1.807, 2.05) is 0 Å². The summed E-state index contributed by atoms with van der Waals surface area (Å²) < 4.78 is 1.20. The van der Waals surface area contributed by atoms with Gasteiger partial charge in [-0.25, -0.2) is 4.59 Å². The van der Waals surface area contributed by atoms with Crippen molar-refractivity contribution in [3.8, 4) is 0 Å². The van der Waals surface area contributed by atoms with Gasteiger partial charge in [-0.1, -0.05) is 0 Å². The first-order valence-electron chi connectivity index (χ1n) is 5.10. The van der Waals surface area contributed by atoms with Crippen LogP contribution in [0, 0.1) is 0 Å². The first kappa shape index (κ1) is 8.48. The number of aliphatic hydroxyl groups is 1. The van der Waals surface area contributed by atoms with Crippen molar-refractivity contribution in [3.05, 3.63) is 0 Å². The third kappa shape index (κ3) is 1.26. The molecular weight excluding hydrogens is 152 g/mol. The van der Waals surface area contributed by atoms with E-state index in [-0.39, 0.29) is 0 Å². The van der Waals surface area contributed by atoms with Crippen LogP contribution in [0.3, 0.4) is 0 Å². The second-order valence-electron chi connectivity index (χ2n) is 4.00. The van der Waals surface area contributed by atoms with Gasteiger partial charge in [0.25, 0.3) is 0 Å². The molecule has 0 aromatic carbocycles. The average Bonchev–Trinajstić information content (AvgIpc) is 2.58. The summed E-state index contributed by atoms with van der Waals surface area (Å²) in [5, 5.41) is 11.4. The van der Waals surface area contributed by atoms with Crippen molar-refractivity contribution in [3.63, 3.8) is 0 Å². The predicted molar refractivity (Wildman–Crippen MR) is 47.4 cm³/mol. The van der Waals surface area contributed by atoms with E-state index in [2.05, 4.69) is 5.01 Å². The number of fused-ring (bicyclic) bond motifs is 1. The number of aliphatic hydroxyl groups excluding tert-OH is 1. The molecule has 2 aliphatic rings. The number of rotatable bonds is 3. The highest BCUT2D eigenvalue weighted by molar-refractivity contribution is 4.64. The minimum atomic E-state index is 0.355. The van der Waals surface area contributed by atoms with Crippen LogP contribution in [-0.2, 0) is 0 Å². The lowest BCUT2D eigenvalue weighted by molar-refractivity contribution is -1.01. The fourth-order valence-electron chi connectivity index (χ4n) is 2.76. The number of nitrogens with zero attached hydrogens (tertiary/aromatic N) is 2. The van der Waals surface area contributed by atoms with E-state index in [9.17, 15) is 0 Å². The highest BCUT2D eigenvalue weighted by atomic mass is 16.3. The van der Waals surface area contributed by atoms with Crippen LogP contribution >= 0.6 is 0 Å². The zero-order valence-corrected chi connectivity index (χ0v) is 7.71. The molecule has 3 heteroatoms. The van der Waals surface area contributed by atoms with Gasteiger partial charge in [0.2, 0.25) is 0 Å². The lowest BCUT2D eigenvalue weighted by atomic mass is 10.3. The molecule has 1 N–H and O–H groups in total. The zero-order chi connectivity index (χ0) is 8.44. The highest BCUT2D eigenvalue weighted by Crippen LogP contribution is 2.28. The Labute approximate surface area is 74.1 Å². The van der Waals surface area contributed by atoms with Crippen LogP contribution in [0.15, 0.2) is 0 Å². The molecule has 2 saturated heterocycles. The lowest BCUT2D eigenvalue weighted by Crippen LogP contribution is -2.51. The summed E-state index contributed by atoms with van der Waals surface area (Å²) in [5.41, 5.74) is 0. The standard InChI is InChI=1S/C9H19N2O/c12-9-3-8-11-6-1-4-10(11)5-2-7-11/h12H,1-9H2/q+1. The normalized spacial score (nSPS) is 27.8. The largest absolute Gasteiger partial charge is 0.396 e. The Morgan fingerprint density at radius 1 is 1.17 bits per heavy atom. The molecule has 0 spiro atoms. The minimum absolute atomic E-state index is 0.355. The Hall–Kier alpha value is -0.120. The van der Waals surface area contributed by atoms with Crippen LogP contribution in [0.5, 0.6) is 0 Å². The molecule has 12 heavy (non-hydrogen) atoms. The quantitative estimate of drug-likeness (QED) is 0.614. The van der Waals surface area contributed by atoms with E-state index in [0.29, 0.717) is 6.61 Å². The molecule has 0 bridgehead atoms. The fraction of sp³-hybridized carbons (Fsp3) is 1.00. The highest BCUT2D eigenvalue weighted by Gasteiger charge is 2.43. The smallest absolute Gasteiger partial charge is 0.0986 e. The first-order chi connectivity index (χ1) is 5.87. The Morgan fingerprint density at radius 2 is 1.83 bits per heavy atom. The Balaban J connectivity index is 1.97. The van der Waals surface area contributed by atoms with E-state index in [0.717, 1.165) is 13.0 Å². The van der Waals surface area contributed by atoms with Crippen LogP contribution in [0.25, 0.3) is 0 Å². The van der Waals surface area contributed by atoms with Crippen molar-refractivity contribution in [2.45, 2.75) is 19.3 Å². The number of hydrogen-bond donors (Lipinski definition) is 1. The maximum atomic E-state index is 8.81. The van der Waals surface area contributed by atoms with Crippen LogP contribution in [0.4, 0.5) is 0 Å². The molecule has 2 rings (SSSR count). The Morgan fingerprint density at radius 3 is 2.42 bits per heavy atom. The molecular formula is C9H19N2O+. The van der Waals surface area contributed by atoms with Crippen molar-refractivity contribution in [1.82, 2.24) is 5.01 Å². The maximum Gasteiger partial charge on any atom is 0.0986 e. The summed E-state index contributed by atoms with van der Waals surface area (Å²) in [5.74, 6) is 0. The molecule has 2 aliphatic heterocycles. The molecule has 0 saturated carbocycles. The minimum Gasteiger partial charge on any atom is -0.396 e. The fourth-order valence-corrected chi connectivity index (χ4v) is 2.76. The molecule has 0 amide bonds. The van der Waals surface area contributed by atoms with Gasteiger partial charge in [0.05, 0.1) is 32.7 Å².